The summed E-state index contributed by atoms with van der Waals surface area (Å²) in [5.74, 6) is 0. The van der Waals surface area contributed by atoms with Gasteiger partial charge in [0.25, 0.3) is 0 Å². The molecule has 0 saturated heterocycles. The molecule has 0 amide bonds. The molecule has 0 spiro atoms. The van der Waals surface area contributed by atoms with Crippen LogP contribution in [0.3, 0.4) is 0 Å². The molecule has 1 nitrogen and oxygen atoms in total. The summed E-state index contributed by atoms with van der Waals surface area (Å²) in [6.07, 6.45) is 40.1. The molecule has 1 N–H and O–H groups in total. The van der Waals surface area contributed by atoms with Gasteiger partial charge in [-0.15, -0.1) is 32.1 Å². The fourth-order valence-corrected chi connectivity index (χ4v) is 1.36. The maximum absolute atomic E-state index is 8.29. The van der Waals surface area contributed by atoms with Crippen LogP contribution in [0.5, 0.6) is 0 Å². The van der Waals surface area contributed by atoms with E-state index in [0.717, 1.165) is 25.7 Å². The van der Waals surface area contributed by atoms with Gasteiger partial charge < -0.3 is 12.0 Å². The van der Waals surface area contributed by atoms with Gasteiger partial charge >= 0.3 is 52.4 Å². The minimum Gasteiger partial charge on any atom is -0.364 e. The Morgan fingerprint density at radius 2 is 0.929 bits per heavy atom. The molecular formula is C23H25Cl2OZr2. The number of rotatable bonds is 1. The zero-order valence-corrected chi connectivity index (χ0v) is 22.3. The van der Waals surface area contributed by atoms with Crippen molar-refractivity contribution in [3.8, 4) is 0 Å². The van der Waals surface area contributed by atoms with Gasteiger partial charge in [-0.1, -0.05) is 23.2 Å². The number of hydrogen-bond donors (Lipinski definition) is 1. The van der Waals surface area contributed by atoms with Gasteiger partial charge in [0.1, 0.15) is 0 Å². The fraction of sp³-hybridized carbons (Fsp3) is 0.261. The van der Waals surface area contributed by atoms with Crippen molar-refractivity contribution in [3.05, 3.63) is 104 Å². The quantitative estimate of drug-likeness (QED) is 0.280. The molecular weight excluding hydrogens is 546 g/mol. The van der Waals surface area contributed by atoms with E-state index in [1.54, 1.807) is 0 Å². The molecule has 0 fully saturated rings. The van der Waals surface area contributed by atoms with Crippen LogP contribution < -0.4 is 0 Å². The molecule has 0 heterocycles. The molecule has 0 aromatic heterocycles. The van der Waals surface area contributed by atoms with E-state index in [4.69, 9.17) is 28.3 Å². The zero-order valence-electron chi connectivity index (χ0n) is 15.9. The van der Waals surface area contributed by atoms with Crippen molar-refractivity contribution in [1.82, 2.24) is 0 Å². The Kier molecular flexibility index (Phi) is 29.7. The van der Waals surface area contributed by atoms with Crippen molar-refractivity contribution in [2.45, 2.75) is 36.6 Å². The number of allylic oxidation sites excluding steroid dienone is 16. The van der Waals surface area contributed by atoms with Gasteiger partial charge in [0.05, 0.1) is 0 Å². The van der Waals surface area contributed by atoms with Gasteiger partial charge in [0.2, 0.25) is 0 Å². The first-order valence-corrected chi connectivity index (χ1v) is 9.08. The van der Waals surface area contributed by atoms with Gasteiger partial charge in [0, 0.05) is 0 Å². The van der Waals surface area contributed by atoms with Gasteiger partial charge in [-0.2, -0.15) is 24.3 Å². The summed E-state index contributed by atoms with van der Waals surface area (Å²) in [7, 11) is 0. The Hall–Kier alpha value is 0.226. The van der Waals surface area contributed by atoms with E-state index in [0.29, 0.717) is 0 Å². The summed E-state index contributed by atoms with van der Waals surface area (Å²) in [6, 6.07) is 0. The Morgan fingerprint density at radius 3 is 0.964 bits per heavy atom. The molecule has 4 aliphatic carbocycles. The van der Waals surface area contributed by atoms with E-state index < -0.39 is 4.52 Å². The average Bonchev–Trinajstić information content (AvgIpc) is 3.47. The van der Waals surface area contributed by atoms with Crippen molar-refractivity contribution in [3.63, 3.8) is 0 Å². The predicted octanol–water partition coefficient (Wildman–Crippen LogP) is 6.55. The van der Waals surface area contributed by atoms with E-state index in [-0.39, 0.29) is 58.8 Å². The molecule has 0 aromatic rings. The van der Waals surface area contributed by atoms with Crippen LogP contribution in [0.4, 0.5) is 0 Å². The van der Waals surface area contributed by atoms with Crippen LogP contribution >= 0.6 is 23.2 Å². The summed E-state index contributed by atoms with van der Waals surface area (Å²) >= 11 is 9.95. The minimum absolute atomic E-state index is 0. The van der Waals surface area contributed by atoms with Crippen LogP contribution in [0.2, 0.25) is 0 Å². The summed E-state index contributed by atoms with van der Waals surface area (Å²) < 4.78 is -1.62. The Morgan fingerprint density at radius 1 is 0.714 bits per heavy atom. The van der Waals surface area contributed by atoms with Crippen LogP contribution in [-0.2, 0) is 52.4 Å². The Bertz CT molecular complexity index is 436. The van der Waals surface area contributed by atoms with Crippen molar-refractivity contribution in [2.24, 2.45) is 0 Å². The summed E-state index contributed by atoms with van der Waals surface area (Å²) in [6.45, 7) is 3.24. The molecule has 0 saturated carbocycles. The fourth-order valence-electron chi connectivity index (χ4n) is 1.36. The number of aliphatic hydroxyl groups is 1. The van der Waals surface area contributed by atoms with Crippen molar-refractivity contribution in [1.29, 1.82) is 0 Å². The predicted molar refractivity (Wildman–Crippen MR) is 113 cm³/mol. The van der Waals surface area contributed by atoms with Crippen molar-refractivity contribution >= 4 is 23.2 Å². The first-order valence-electron chi connectivity index (χ1n) is 8.32. The maximum Gasteiger partial charge on any atom is 3.00 e. The number of hydrogen-bond acceptors (Lipinski definition) is 1. The molecule has 0 unspecified atom stereocenters. The third-order valence-electron chi connectivity index (χ3n) is 2.64. The van der Waals surface area contributed by atoms with Crippen LogP contribution in [0.25, 0.3) is 0 Å². The van der Waals surface area contributed by atoms with E-state index in [2.05, 4.69) is 55.5 Å². The third kappa shape index (κ3) is 30.9. The van der Waals surface area contributed by atoms with E-state index in [1.807, 2.05) is 48.6 Å². The SMILES string of the molecule is [C-]1=CC=CC1.[C-]1=CC=CC1.[C-]1=CC=CC1.[C-]1=CC=CC1.[CH2-]CC(O)(Cl)Cl.[Zr+2].[Zr+3]. The molecule has 1 radical (unpaired) electrons. The molecule has 4 aliphatic rings. The van der Waals surface area contributed by atoms with E-state index >= 15 is 0 Å². The second-order valence-corrected chi connectivity index (χ2v) is 6.37. The second-order valence-electron chi connectivity index (χ2n) is 4.93. The Labute approximate surface area is 219 Å². The van der Waals surface area contributed by atoms with Crippen LogP contribution in [-0.4, -0.2) is 9.63 Å². The molecule has 28 heavy (non-hydrogen) atoms. The smallest absolute Gasteiger partial charge is 0.364 e. The summed E-state index contributed by atoms with van der Waals surface area (Å²) in [5, 5.41) is 8.29. The monoisotopic (exact) mass is 567 g/mol. The molecule has 0 aliphatic heterocycles. The largest absolute Gasteiger partial charge is 3.00 e. The van der Waals surface area contributed by atoms with Gasteiger partial charge in [0.15, 0.2) is 4.52 Å². The second kappa shape index (κ2) is 25.3. The summed E-state index contributed by atoms with van der Waals surface area (Å²) in [4.78, 5) is 0. The normalized spacial score (nSPS) is 15.1. The van der Waals surface area contributed by atoms with E-state index in [9.17, 15) is 0 Å². The molecule has 145 valence electrons. The molecule has 0 atom stereocenters. The van der Waals surface area contributed by atoms with E-state index in [1.165, 1.54) is 0 Å². The zero-order chi connectivity index (χ0) is 19.3. The molecule has 5 heteroatoms. The average molecular weight is 571 g/mol. The first kappa shape index (κ1) is 32.9. The maximum atomic E-state index is 8.29. The topological polar surface area (TPSA) is 20.2 Å². The van der Waals surface area contributed by atoms with Gasteiger partial charge in [-0.05, 0) is 0 Å². The van der Waals surface area contributed by atoms with Crippen molar-refractivity contribution < 1.29 is 57.5 Å². The standard InChI is InChI=1S/4C5H5.C3H5Cl2O.2Zr/c4*1-2-4-5-3-1;1-2-3(4,5)6;;/h4*1-3H,4H2;6H,1-2H2;;/q5*-1;+2;+3. The Balaban J connectivity index is -0.000000274. The van der Waals surface area contributed by atoms with Crippen LogP contribution in [0.15, 0.2) is 72.9 Å². The third-order valence-corrected chi connectivity index (χ3v) is 3.02. The minimum atomic E-state index is -1.62. The first-order chi connectivity index (χ1) is 12.6. The number of halogens is 2. The molecule has 0 aromatic carbocycles. The summed E-state index contributed by atoms with van der Waals surface area (Å²) in [5.41, 5.74) is 0. The molecule has 0 bridgehead atoms. The number of alkyl halides is 2. The van der Waals surface area contributed by atoms with Crippen LogP contribution in [0, 0.1) is 31.2 Å². The molecule has 4 rings (SSSR count). The van der Waals surface area contributed by atoms with Gasteiger partial charge in [-0.3, -0.25) is 24.3 Å². The van der Waals surface area contributed by atoms with Crippen LogP contribution in [0.1, 0.15) is 32.1 Å². The van der Waals surface area contributed by atoms with Gasteiger partial charge in [-0.25, -0.2) is 48.6 Å². The van der Waals surface area contributed by atoms with Crippen molar-refractivity contribution in [2.75, 3.05) is 0 Å².